The van der Waals surface area contributed by atoms with Gasteiger partial charge in [-0.05, 0) is 32.4 Å². The maximum absolute atomic E-state index is 13.3. The number of aryl methyl sites for hydroxylation is 1. The highest BCUT2D eigenvalue weighted by Crippen LogP contribution is 2.38. The molecule has 12 heteroatoms. The molecular formula is C21H17F3N4O3S2. The number of rotatable bonds is 5. The molecule has 1 unspecified atom stereocenters. The molecule has 0 amide bonds. The molecule has 0 saturated carbocycles. The maximum atomic E-state index is 13.3. The van der Waals surface area contributed by atoms with Crippen LogP contribution in [0.5, 0.6) is 0 Å². The number of fused-ring (bicyclic) bond motifs is 2. The normalized spacial score (nSPS) is 12.9. The molecule has 33 heavy (non-hydrogen) atoms. The van der Waals surface area contributed by atoms with Gasteiger partial charge in [0.1, 0.15) is 20.6 Å². The van der Waals surface area contributed by atoms with Crippen molar-refractivity contribution in [2.45, 2.75) is 37.2 Å². The van der Waals surface area contributed by atoms with Gasteiger partial charge in [-0.15, -0.1) is 11.3 Å². The molecule has 3 heterocycles. The van der Waals surface area contributed by atoms with Crippen LogP contribution in [0.25, 0.3) is 21.1 Å². The summed E-state index contributed by atoms with van der Waals surface area (Å²) < 4.78 is 45.0. The molecule has 172 valence electrons. The lowest BCUT2D eigenvalue weighted by Gasteiger charge is -2.14. The van der Waals surface area contributed by atoms with Gasteiger partial charge in [0.25, 0.3) is 5.56 Å². The predicted molar refractivity (Wildman–Crippen MR) is 120 cm³/mol. The third-order valence-electron chi connectivity index (χ3n) is 4.77. The van der Waals surface area contributed by atoms with E-state index in [4.69, 9.17) is 4.74 Å². The van der Waals surface area contributed by atoms with Crippen molar-refractivity contribution in [2.24, 2.45) is 0 Å². The molecule has 0 bridgehead atoms. The number of ether oxygens (including phenoxy) is 1. The number of thiophene rings is 1. The van der Waals surface area contributed by atoms with E-state index < -0.39 is 28.8 Å². The SMILES string of the molecule is CCOC(=O)c1sc2nc(C(C)Sc3nc(C(F)(F)F)nc4ccccc34)[nH]c(=O)c2c1C. The Balaban J connectivity index is 1.76. The largest absolute Gasteiger partial charge is 0.462 e. The van der Waals surface area contributed by atoms with Gasteiger partial charge in [-0.25, -0.2) is 19.7 Å². The Morgan fingerprint density at radius 2 is 1.97 bits per heavy atom. The molecule has 0 spiro atoms. The number of carbonyl (C=O) groups is 1. The summed E-state index contributed by atoms with van der Waals surface area (Å²) in [5, 5.41) is 0.325. The number of hydrogen-bond donors (Lipinski definition) is 1. The molecule has 0 saturated heterocycles. The topological polar surface area (TPSA) is 97.8 Å². The monoisotopic (exact) mass is 494 g/mol. The van der Waals surface area contributed by atoms with Crippen LogP contribution < -0.4 is 5.56 Å². The van der Waals surface area contributed by atoms with Gasteiger partial charge in [-0.1, -0.05) is 30.0 Å². The highest BCUT2D eigenvalue weighted by Gasteiger charge is 2.36. The average Bonchev–Trinajstić information content (AvgIpc) is 3.10. The predicted octanol–water partition coefficient (Wildman–Crippen LogP) is 5.29. The van der Waals surface area contributed by atoms with Crippen molar-refractivity contribution in [3.63, 3.8) is 0 Å². The Labute approximate surface area is 193 Å². The van der Waals surface area contributed by atoms with Gasteiger partial charge >= 0.3 is 12.1 Å². The van der Waals surface area contributed by atoms with Crippen LogP contribution in [0.2, 0.25) is 0 Å². The summed E-state index contributed by atoms with van der Waals surface area (Å²) in [4.78, 5) is 40.1. The van der Waals surface area contributed by atoms with E-state index in [1.165, 1.54) is 6.07 Å². The Bertz CT molecular complexity index is 1430. The number of benzene rings is 1. The summed E-state index contributed by atoms with van der Waals surface area (Å²) in [6.07, 6.45) is -4.70. The molecule has 1 atom stereocenters. The lowest BCUT2D eigenvalue weighted by Crippen LogP contribution is -2.14. The molecule has 0 aliphatic rings. The second-order valence-electron chi connectivity index (χ2n) is 7.04. The van der Waals surface area contributed by atoms with E-state index in [9.17, 15) is 22.8 Å². The van der Waals surface area contributed by atoms with Crippen LogP contribution in [-0.4, -0.2) is 32.5 Å². The second kappa shape index (κ2) is 8.75. The van der Waals surface area contributed by atoms with Gasteiger partial charge < -0.3 is 9.72 Å². The minimum atomic E-state index is -4.70. The Morgan fingerprint density at radius 3 is 2.67 bits per heavy atom. The number of alkyl halides is 3. The van der Waals surface area contributed by atoms with Gasteiger partial charge in [-0.2, -0.15) is 13.2 Å². The standard InChI is InChI=1S/C21H17F3N4O3S2/c1-4-31-19(30)14-9(2)13-16(29)26-15(27-18(13)33-14)10(3)32-17-11-7-5-6-8-12(11)25-20(28-17)21(22,23)24/h5-8,10H,4H2,1-3H3,(H,26,27,29). The quantitative estimate of drug-likeness (QED) is 0.229. The number of aromatic amines is 1. The summed E-state index contributed by atoms with van der Waals surface area (Å²) in [5.74, 6) is -1.51. The number of carbonyl (C=O) groups excluding carboxylic acids is 1. The van der Waals surface area contributed by atoms with Crippen LogP contribution in [0.4, 0.5) is 13.2 Å². The second-order valence-corrected chi connectivity index (χ2v) is 9.36. The van der Waals surface area contributed by atoms with Crippen LogP contribution in [-0.2, 0) is 10.9 Å². The molecule has 0 fully saturated rings. The molecule has 7 nitrogen and oxygen atoms in total. The number of nitrogens with zero attached hydrogens (tertiary/aromatic N) is 3. The van der Waals surface area contributed by atoms with Crippen LogP contribution in [0.15, 0.2) is 34.1 Å². The number of H-pyrrole nitrogens is 1. The Morgan fingerprint density at radius 1 is 1.24 bits per heavy atom. The highest BCUT2D eigenvalue weighted by atomic mass is 32.2. The molecule has 0 aliphatic heterocycles. The van der Waals surface area contributed by atoms with Crippen molar-refractivity contribution in [1.29, 1.82) is 0 Å². The van der Waals surface area contributed by atoms with Gasteiger partial charge in [0.2, 0.25) is 5.82 Å². The van der Waals surface area contributed by atoms with Crippen molar-refractivity contribution < 1.29 is 22.7 Å². The van der Waals surface area contributed by atoms with Crippen LogP contribution in [0, 0.1) is 6.92 Å². The van der Waals surface area contributed by atoms with E-state index in [-0.39, 0.29) is 28.4 Å². The lowest BCUT2D eigenvalue weighted by molar-refractivity contribution is -0.145. The molecule has 3 aromatic heterocycles. The summed E-state index contributed by atoms with van der Waals surface area (Å²) in [6.45, 7) is 5.23. The maximum Gasteiger partial charge on any atom is 0.451 e. The number of hydrogen-bond acceptors (Lipinski definition) is 8. The van der Waals surface area contributed by atoms with Crippen LogP contribution in [0.1, 0.15) is 46.0 Å². The zero-order chi connectivity index (χ0) is 23.9. The van der Waals surface area contributed by atoms with Gasteiger partial charge in [0.15, 0.2) is 0 Å². The van der Waals surface area contributed by atoms with Gasteiger partial charge in [0, 0.05) is 5.39 Å². The molecule has 4 rings (SSSR count). The molecule has 1 N–H and O–H groups in total. The fraction of sp³-hybridized carbons (Fsp3) is 0.286. The fourth-order valence-corrected chi connectivity index (χ4v) is 5.31. The minimum Gasteiger partial charge on any atom is -0.462 e. The van der Waals surface area contributed by atoms with Crippen LogP contribution in [0.3, 0.4) is 0 Å². The van der Waals surface area contributed by atoms with Crippen molar-refractivity contribution in [1.82, 2.24) is 19.9 Å². The van der Waals surface area contributed by atoms with E-state index in [0.29, 0.717) is 20.7 Å². The van der Waals surface area contributed by atoms with Gasteiger partial charge in [0.05, 0.1) is 22.8 Å². The van der Waals surface area contributed by atoms with Crippen molar-refractivity contribution in [3.05, 3.63) is 56.7 Å². The first-order valence-corrected chi connectivity index (χ1v) is 11.5. The number of para-hydroxylation sites is 1. The number of esters is 1. The average molecular weight is 495 g/mol. The summed E-state index contributed by atoms with van der Waals surface area (Å²) in [7, 11) is 0. The fourth-order valence-electron chi connectivity index (χ4n) is 3.23. The molecule has 1 aromatic carbocycles. The van der Waals surface area contributed by atoms with E-state index in [2.05, 4.69) is 19.9 Å². The first-order chi connectivity index (χ1) is 15.6. The van der Waals surface area contributed by atoms with Crippen molar-refractivity contribution in [3.8, 4) is 0 Å². The number of thioether (sulfide) groups is 1. The first-order valence-electron chi connectivity index (χ1n) is 9.81. The summed E-state index contributed by atoms with van der Waals surface area (Å²) >= 11 is 2.07. The number of nitrogens with one attached hydrogen (secondary N) is 1. The van der Waals surface area contributed by atoms with Crippen LogP contribution >= 0.6 is 23.1 Å². The van der Waals surface area contributed by atoms with E-state index in [0.717, 1.165) is 23.1 Å². The van der Waals surface area contributed by atoms with E-state index in [1.54, 1.807) is 39.0 Å². The molecule has 4 aromatic rings. The third-order valence-corrected chi connectivity index (χ3v) is 7.05. The number of aromatic nitrogens is 4. The Hall–Kier alpha value is -2.99. The van der Waals surface area contributed by atoms with Crippen molar-refractivity contribution in [2.75, 3.05) is 6.61 Å². The Kier molecular flexibility index (Phi) is 6.14. The smallest absolute Gasteiger partial charge is 0.451 e. The summed E-state index contributed by atoms with van der Waals surface area (Å²) in [5.41, 5.74) is 0.209. The summed E-state index contributed by atoms with van der Waals surface area (Å²) in [6, 6.07) is 6.41. The van der Waals surface area contributed by atoms with Crippen molar-refractivity contribution >= 4 is 50.2 Å². The van der Waals surface area contributed by atoms with E-state index >= 15 is 0 Å². The molecule has 0 radical (unpaired) electrons. The minimum absolute atomic E-state index is 0.123. The first kappa shape index (κ1) is 23.2. The molecule has 0 aliphatic carbocycles. The lowest BCUT2D eigenvalue weighted by atomic mass is 10.2. The number of halogens is 3. The zero-order valence-corrected chi connectivity index (χ0v) is 19.2. The zero-order valence-electron chi connectivity index (χ0n) is 17.6. The van der Waals surface area contributed by atoms with Gasteiger partial charge in [-0.3, -0.25) is 4.79 Å². The van der Waals surface area contributed by atoms with E-state index in [1.807, 2.05) is 0 Å². The molecular weight excluding hydrogens is 477 g/mol. The highest BCUT2D eigenvalue weighted by molar-refractivity contribution is 7.99. The third kappa shape index (κ3) is 4.44.